The fourth-order valence-corrected chi connectivity index (χ4v) is 2.87. The second-order valence-electron chi connectivity index (χ2n) is 3.10. The van der Waals surface area contributed by atoms with Crippen LogP contribution in [0.2, 0.25) is 0 Å². The molecular formula is C9H12ClI2NO2. The second kappa shape index (κ2) is 6.43. The van der Waals surface area contributed by atoms with Gasteiger partial charge in [-0.15, -0.1) is 12.4 Å². The van der Waals surface area contributed by atoms with Crippen LogP contribution in [0.1, 0.15) is 18.5 Å². The zero-order valence-electron chi connectivity index (χ0n) is 7.95. The number of aromatic hydroxyl groups is 1. The van der Waals surface area contributed by atoms with E-state index >= 15 is 0 Å². The molecule has 0 fully saturated rings. The molecule has 0 aromatic heterocycles. The highest BCUT2D eigenvalue weighted by Gasteiger charge is 2.15. The molecule has 0 aliphatic rings. The van der Waals surface area contributed by atoms with Crippen molar-refractivity contribution in [2.24, 2.45) is 5.73 Å². The van der Waals surface area contributed by atoms with Crippen LogP contribution in [0, 0.1) is 7.14 Å². The van der Waals surface area contributed by atoms with Crippen molar-refractivity contribution in [3.8, 4) is 5.75 Å². The number of aliphatic hydroxyl groups is 1. The van der Waals surface area contributed by atoms with E-state index in [0.29, 0.717) is 0 Å². The molecule has 1 rings (SSSR count). The fourth-order valence-electron chi connectivity index (χ4n) is 1.06. The third-order valence-electron chi connectivity index (χ3n) is 1.94. The van der Waals surface area contributed by atoms with E-state index in [1.54, 1.807) is 19.1 Å². The number of phenolic OH excluding ortho intramolecular Hbond substituents is 1. The SMILES string of the molecule is C[C@@H](O)[C@@H](N)c1cc(I)c(O)c(I)c1.Cl. The molecule has 0 radical (unpaired) electrons. The minimum absolute atomic E-state index is 0. The number of phenols is 1. The smallest absolute Gasteiger partial charge is 0.142 e. The lowest BCUT2D eigenvalue weighted by molar-refractivity contribution is 0.164. The number of aliphatic hydroxyl groups excluding tert-OH is 1. The van der Waals surface area contributed by atoms with Gasteiger partial charge in [-0.05, 0) is 69.8 Å². The van der Waals surface area contributed by atoms with Gasteiger partial charge >= 0.3 is 0 Å². The molecule has 0 bridgehead atoms. The quantitative estimate of drug-likeness (QED) is 0.601. The molecule has 0 amide bonds. The maximum absolute atomic E-state index is 9.53. The van der Waals surface area contributed by atoms with Gasteiger partial charge in [-0.2, -0.15) is 0 Å². The van der Waals surface area contributed by atoms with Crippen molar-refractivity contribution < 1.29 is 10.2 Å². The average molecular weight is 455 g/mol. The molecule has 15 heavy (non-hydrogen) atoms. The number of hydrogen-bond acceptors (Lipinski definition) is 3. The molecule has 0 unspecified atom stereocenters. The lowest BCUT2D eigenvalue weighted by atomic mass is 10.0. The molecule has 0 aliphatic heterocycles. The summed E-state index contributed by atoms with van der Waals surface area (Å²) in [6.07, 6.45) is -0.592. The Hall–Kier alpha value is 0.690. The Morgan fingerprint density at radius 2 is 1.67 bits per heavy atom. The van der Waals surface area contributed by atoms with E-state index < -0.39 is 12.1 Å². The first kappa shape index (κ1) is 15.7. The first-order valence-electron chi connectivity index (χ1n) is 4.05. The molecule has 0 heterocycles. The van der Waals surface area contributed by atoms with Crippen LogP contribution in [0.3, 0.4) is 0 Å². The van der Waals surface area contributed by atoms with Crippen LogP contribution < -0.4 is 5.73 Å². The first-order chi connectivity index (χ1) is 6.43. The maximum atomic E-state index is 9.53. The van der Waals surface area contributed by atoms with Gasteiger partial charge in [0.15, 0.2) is 0 Å². The average Bonchev–Trinajstić information content (AvgIpc) is 2.12. The maximum Gasteiger partial charge on any atom is 0.142 e. The molecule has 2 atom stereocenters. The molecule has 0 saturated carbocycles. The van der Waals surface area contributed by atoms with Gasteiger partial charge in [-0.1, -0.05) is 0 Å². The van der Waals surface area contributed by atoms with E-state index in [4.69, 9.17) is 5.73 Å². The summed E-state index contributed by atoms with van der Waals surface area (Å²) in [6.45, 7) is 1.65. The summed E-state index contributed by atoms with van der Waals surface area (Å²) in [6, 6.07) is 3.17. The normalized spacial score (nSPS) is 14.2. The summed E-state index contributed by atoms with van der Waals surface area (Å²) in [5, 5.41) is 18.9. The predicted molar refractivity (Wildman–Crippen MR) is 79.4 cm³/mol. The van der Waals surface area contributed by atoms with Crippen molar-refractivity contribution in [2.75, 3.05) is 0 Å². The molecule has 4 N–H and O–H groups in total. The van der Waals surface area contributed by atoms with Crippen molar-refractivity contribution >= 4 is 57.6 Å². The van der Waals surface area contributed by atoms with Crippen LogP contribution >= 0.6 is 57.6 Å². The highest BCUT2D eigenvalue weighted by atomic mass is 127. The molecule has 1 aromatic rings. The molecule has 0 spiro atoms. The number of benzene rings is 1. The van der Waals surface area contributed by atoms with Crippen LogP contribution in [-0.4, -0.2) is 16.3 Å². The van der Waals surface area contributed by atoms with E-state index in [2.05, 4.69) is 0 Å². The molecule has 0 saturated heterocycles. The van der Waals surface area contributed by atoms with Crippen LogP contribution in [0.15, 0.2) is 12.1 Å². The third kappa shape index (κ3) is 3.88. The minimum Gasteiger partial charge on any atom is -0.506 e. The summed E-state index contributed by atoms with van der Waals surface area (Å²) in [4.78, 5) is 0. The molecule has 0 aliphatic carbocycles. The number of hydrogen-bond donors (Lipinski definition) is 3. The minimum atomic E-state index is -0.592. The van der Waals surface area contributed by atoms with Crippen LogP contribution in [0.25, 0.3) is 0 Å². The van der Waals surface area contributed by atoms with E-state index in [1.165, 1.54) is 0 Å². The highest BCUT2D eigenvalue weighted by Crippen LogP contribution is 2.29. The molecule has 1 aromatic carbocycles. The van der Waals surface area contributed by atoms with E-state index in [1.807, 2.05) is 45.2 Å². The van der Waals surface area contributed by atoms with Crippen molar-refractivity contribution in [1.29, 1.82) is 0 Å². The van der Waals surface area contributed by atoms with Gasteiger partial charge in [0, 0.05) is 0 Å². The highest BCUT2D eigenvalue weighted by molar-refractivity contribution is 14.1. The van der Waals surface area contributed by atoms with E-state index in [0.717, 1.165) is 12.7 Å². The second-order valence-corrected chi connectivity index (χ2v) is 5.42. The summed E-state index contributed by atoms with van der Waals surface area (Å²) >= 11 is 4.08. The summed E-state index contributed by atoms with van der Waals surface area (Å²) in [5.41, 5.74) is 6.63. The predicted octanol–water partition coefficient (Wildman–Crippen LogP) is 2.40. The Balaban J connectivity index is 0.00000196. The number of rotatable bonds is 2. The van der Waals surface area contributed by atoms with Gasteiger partial charge in [-0.3, -0.25) is 0 Å². The topological polar surface area (TPSA) is 66.5 Å². The van der Waals surface area contributed by atoms with Gasteiger partial charge in [0.05, 0.1) is 19.3 Å². The lowest BCUT2D eigenvalue weighted by Crippen LogP contribution is -2.23. The Morgan fingerprint density at radius 3 is 2.00 bits per heavy atom. The zero-order chi connectivity index (χ0) is 10.9. The Kier molecular flexibility index (Phi) is 6.73. The van der Waals surface area contributed by atoms with Gasteiger partial charge in [0.1, 0.15) is 5.75 Å². The van der Waals surface area contributed by atoms with Gasteiger partial charge < -0.3 is 15.9 Å². The largest absolute Gasteiger partial charge is 0.506 e. The van der Waals surface area contributed by atoms with E-state index in [-0.39, 0.29) is 18.2 Å². The Morgan fingerprint density at radius 1 is 1.27 bits per heavy atom. The van der Waals surface area contributed by atoms with Gasteiger partial charge in [-0.25, -0.2) is 0 Å². The molecule has 3 nitrogen and oxygen atoms in total. The number of nitrogens with two attached hydrogens (primary N) is 1. The Bertz CT molecular complexity index is 324. The van der Waals surface area contributed by atoms with Crippen LogP contribution in [-0.2, 0) is 0 Å². The molecule has 6 heteroatoms. The van der Waals surface area contributed by atoms with Crippen molar-refractivity contribution in [1.82, 2.24) is 0 Å². The van der Waals surface area contributed by atoms with Crippen molar-refractivity contribution in [3.63, 3.8) is 0 Å². The van der Waals surface area contributed by atoms with Gasteiger partial charge in [0.25, 0.3) is 0 Å². The zero-order valence-corrected chi connectivity index (χ0v) is 13.1. The van der Waals surface area contributed by atoms with Crippen molar-refractivity contribution in [3.05, 3.63) is 24.8 Å². The lowest BCUT2D eigenvalue weighted by Gasteiger charge is -2.16. The first-order valence-corrected chi connectivity index (χ1v) is 6.20. The number of halogens is 3. The van der Waals surface area contributed by atoms with Crippen molar-refractivity contribution in [2.45, 2.75) is 19.1 Å². The van der Waals surface area contributed by atoms with E-state index in [9.17, 15) is 10.2 Å². The van der Waals surface area contributed by atoms with Crippen LogP contribution in [0.5, 0.6) is 5.75 Å². The van der Waals surface area contributed by atoms with Crippen LogP contribution in [0.4, 0.5) is 0 Å². The summed E-state index contributed by atoms with van der Waals surface area (Å²) < 4.78 is 1.50. The standard InChI is InChI=1S/C9H11I2NO2.ClH/c1-4(13)8(12)5-2-6(10)9(14)7(11)3-5;/h2-4,8,13-14H,12H2,1H3;1H/t4-,8-;/m1./s1. The van der Waals surface area contributed by atoms with Gasteiger partial charge in [0.2, 0.25) is 0 Å². The Labute approximate surface area is 122 Å². The molecular weight excluding hydrogens is 443 g/mol. The summed E-state index contributed by atoms with van der Waals surface area (Å²) in [7, 11) is 0. The summed E-state index contributed by atoms with van der Waals surface area (Å²) in [5.74, 6) is 0.271. The molecule has 86 valence electrons. The third-order valence-corrected chi connectivity index (χ3v) is 3.59. The fraction of sp³-hybridized carbons (Fsp3) is 0.333. The monoisotopic (exact) mass is 455 g/mol.